The molecule has 2 N–H and O–H groups in total. The van der Waals surface area contributed by atoms with Gasteiger partial charge in [-0.3, -0.25) is 4.98 Å². The predicted octanol–water partition coefficient (Wildman–Crippen LogP) is 0.997. The van der Waals surface area contributed by atoms with Gasteiger partial charge in [0.05, 0.1) is 0 Å². The standard InChI is InChI=1S/C11H15N5/c1-9-14-15-11(16(9)8-2-5-12)10-3-6-13-7-4-10/h3-4,6-7H,2,5,8,12H2,1H3. The van der Waals surface area contributed by atoms with E-state index in [2.05, 4.69) is 19.7 Å². The molecule has 0 bridgehead atoms. The zero-order valence-corrected chi connectivity index (χ0v) is 9.30. The van der Waals surface area contributed by atoms with Crippen LogP contribution in [-0.2, 0) is 6.54 Å². The Balaban J connectivity index is 2.34. The first kappa shape index (κ1) is 10.8. The van der Waals surface area contributed by atoms with Gasteiger partial charge in [-0.05, 0) is 32.0 Å². The lowest BCUT2D eigenvalue weighted by Crippen LogP contribution is -2.08. The third-order valence-corrected chi connectivity index (χ3v) is 2.46. The van der Waals surface area contributed by atoms with Crippen molar-refractivity contribution < 1.29 is 0 Å². The van der Waals surface area contributed by atoms with Crippen LogP contribution in [-0.4, -0.2) is 26.3 Å². The van der Waals surface area contributed by atoms with Crippen LogP contribution in [0.15, 0.2) is 24.5 Å². The summed E-state index contributed by atoms with van der Waals surface area (Å²) in [4.78, 5) is 3.99. The van der Waals surface area contributed by atoms with E-state index in [1.54, 1.807) is 12.4 Å². The summed E-state index contributed by atoms with van der Waals surface area (Å²) in [7, 11) is 0. The monoisotopic (exact) mass is 217 g/mol. The second-order valence-electron chi connectivity index (χ2n) is 3.60. The fourth-order valence-electron chi connectivity index (χ4n) is 1.61. The van der Waals surface area contributed by atoms with Crippen molar-refractivity contribution in [2.45, 2.75) is 19.9 Å². The number of rotatable bonds is 4. The average molecular weight is 217 g/mol. The molecular weight excluding hydrogens is 202 g/mol. The van der Waals surface area contributed by atoms with Gasteiger partial charge < -0.3 is 10.3 Å². The summed E-state index contributed by atoms with van der Waals surface area (Å²) >= 11 is 0. The van der Waals surface area contributed by atoms with Crippen LogP contribution in [0.3, 0.4) is 0 Å². The molecule has 5 nitrogen and oxygen atoms in total. The predicted molar refractivity (Wildman–Crippen MR) is 61.7 cm³/mol. The maximum absolute atomic E-state index is 5.52. The maximum atomic E-state index is 5.52. The molecule has 0 amide bonds. The van der Waals surface area contributed by atoms with Crippen molar-refractivity contribution in [2.75, 3.05) is 6.54 Å². The molecule has 84 valence electrons. The highest BCUT2D eigenvalue weighted by molar-refractivity contribution is 5.54. The summed E-state index contributed by atoms with van der Waals surface area (Å²) < 4.78 is 2.09. The van der Waals surface area contributed by atoms with E-state index >= 15 is 0 Å². The van der Waals surface area contributed by atoms with Crippen molar-refractivity contribution in [3.8, 4) is 11.4 Å². The highest BCUT2D eigenvalue weighted by Gasteiger charge is 2.09. The van der Waals surface area contributed by atoms with E-state index in [0.29, 0.717) is 6.54 Å². The zero-order chi connectivity index (χ0) is 11.4. The summed E-state index contributed by atoms with van der Waals surface area (Å²) in [6, 6.07) is 3.87. The lowest BCUT2D eigenvalue weighted by atomic mass is 10.2. The number of hydrogen-bond donors (Lipinski definition) is 1. The molecule has 2 heterocycles. The molecule has 2 aromatic rings. The number of hydrogen-bond acceptors (Lipinski definition) is 4. The van der Waals surface area contributed by atoms with Crippen LogP contribution in [0.25, 0.3) is 11.4 Å². The summed E-state index contributed by atoms with van der Waals surface area (Å²) in [6.45, 7) is 3.48. The third-order valence-electron chi connectivity index (χ3n) is 2.46. The molecule has 0 unspecified atom stereocenters. The van der Waals surface area contributed by atoms with Gasteiger partial charge >= 0.3 is 0 Å². The van der Waals surface area contributed by atoms with Gasteiger partial charge in [0.2, 0.25) is 0 Å². The molecule has 0 spiro atoms. The first-order valence-corrected chi connectivity index (χ1v) is 5.33. The lowest BCUT2D eigenvalue weighted by Gasteiger charge is -2.07. The molecule has 0 fully saturated rings. The number of aryl methyl sites for hydroxylation is 1. The van der Waals surface area contributed by atoms with Crippen molar-refractivity contribution in [1.82, 2.24) is 19.7 Å². The first-order valence-electron chi connectivity index (χ1n) is 5.33. The van der Waals surface area contributed by atoms with Gasteiger partial charge in [0.15, 0.2) is 5.82 Å². The van der Waals surface area contributed by atoms with Crippen LogP contribution in [0.5, 0.6) is 0 Å². The number of pyridine rings is 1. The minimum absolute atomic E-state index is 0.674. The second kappa shape index (κ2) is 4.85. The molecule has 0 aliphatic rings. The van der Waals surface area contributed by atoms with Crippen LogP contribution in [0, 0.1) is 6.92 Å². The lowest BCUT2D eigenvalue weighted by molar-refractivity contribution is 0.637. The Morgan fingerprint density at radius 1 is 1.25 bits per heavy atom. The summed E-state index contributed by atoms with van der Waals surface area (Å²) in [5.41, 5.74) is 6.55. The molecule has 5 heteroatoms. The van der Waals surface area contributed by atoms with Crippen LogP contribution in [0.1, 0.15) is 12.2 Å². The van der Waals surface area contributed by atoms with Gasteiger partial charge in [0.1, 0.15) is 5.82 Å². The molecular formula is C11H15N5. The molecule has 0 aliphatic carbocycles. The molecule has 0 saturated heterocycles. The Kier molecular flexibility index (Phi) is 3.26. The van der Waals surface area contributed by atoms with Gasteiger partial charge in [-0.1, -0.05) is 0 Å². The Morgan fingerprint density at radius 2 is 2.00 bits per heavy atom. The average Bonchev–Trinajstić information content (AvgIpc) is 2.69. The normalized spacial score (nSPS) is 10.6. The zero-order valence-electron chi connectivity index (χ0n) is 9.30. The fraction of sp³-hybridized carbons (Fsp3) is 0.364. The van der Waals surface area contributed by atoms with Crippen molar-refractivity contribution >= 4 is 0 Å². The van der Waals surface area contributed by atoms with Gasteiger partial charge in [0.25, 0.3) is 0 Å². The van der Waals surface area contributed by atoms with Crippen molar-refractivity contribution in [2.24, 2.45) is 5.73 Å². The Bertz CT molecular complexity index is 449. The second-order valence-corrected chi connectivity index (χ2v) is 3.60. The van der Waals surface area contributed by atoms with Crippen LogP contribution in [0.4, 0.5) is 0 Å². The Hall–Kier alpha value is -1.75. The quantitative estimate of drug-likeness (QED) is 0.829. The Morgan fingerprint density at radius 3 is 2.69 bits per heavy atom. The maximum Gasteiger partial charge on any atom is 0.164 e. The van der Waals surface area contributed by atoms with E-state index in [1.165, 1.54) is 0 Å². The van der Waals surface area contributed by atoms with Crippen LogP contribution in [0.2, 0.25) is 0 Å². The van der Waals surface area contributed by atoms with E-state index in [9.17, 15) is 0 Å². The molecule has 0 atom stereocenters. The van der Waals surface area contributed by atoms with E-state index in [0.717, 1.165) is 30.2 Å². The number of nitrogens with two attached hydrogens (primary N) is 1. The minimum Gasteiger partial charge on any atom is -0.330 e. The molecule has 0 radical (unpaired) electrons. The largest absolute Gasteiger partial charge is 0.330 e. The van der Waals surface area contributed by atoms with Gasteiger partial charge in [-0.15, -0.1) is 10.2 Å². The highest BCUT2D eigenvalue weighted by atomic mass is 15.3. The van der Waals surface area contributed by atoms with Crippen LogP contribution < -0.4 is 5.73 Å². The molecule has 2 aromatic heterocycles. The molecule has 16 heavy (non-hydrogen) atoms. The minimum atomic E-state index is 0.674. The summed E-state index contributed by atoms with van der Waals surface area (Å²) in [5, 5.41) is 8.28. The van der Waals surface area contributed by atoms with E-state index < -0.39 is 0 Å². The van der Waals surface area contributed by atoms with E-state index in [1.807, 2.05) is 19.1 Å². The van der Waals surface area contributed by atoms with E-state index in [-0.39, 0.29) is 0 Å². The highest BCUT2D eigenvalue weighted by Crippen LogP contribution is 2.17. The molecule has 0 saturated carbocycles. The molecule has 2 rings (SSSR count). The first-order chi connectivity index (χ1) is 7.83. The smallest absolute Gasteiger partial charge is 0.164 e. The van der Waals surface area contributed by atoms with Gasteiger partial charge in [-0.2, -0.15) is 0 Å². The number of aromatic nitrogens is 4. The van der Waals surface area contributed by atoms with Crippen LogP contribution >= 0.6 is 0 Å². The van der Waals surface area contributed by atoms with E-state index in [4.69, 9.17) is 5.73 Å². The van der Waals surface area contributed by atoms with Gasteiger partial charge in [-0.25, -0.2) is 0 Å². The fourth-order valence-corrected chi connectivity index (χ4v) is 1.61. The topological polar surface area (TPSA) is 69.6 Å². The molecule has 0 aromatic carbocycles. The van der Waals surface area contributed by atoms with Gasteiger partial charge in [0, 0.05) is 24.5 Å². The van der Waals surface area contributed by atoms with Crippen molar-refractivity contribution in [1.29, 1.82) is 0 Å². The molecule has 0 aliphatic heterocycles. The number of nitrogens with zero attached hydrogens (tertiary/aromatic N) is 4. The Labute approximate surface area is 94.3 Å². The van der Waals surface area contributed by atoms with Crippen molar-refractivity contribution in [3.63, 3.8) is 0 Å². The summed E-state index contributed by atoms with van der Waals surface area (Å²) in [6.07, 6.45) is 4.44. The summed E-state index contributed by atoms with van der Waals surface area (Å²) in [5.74, 6) is 1.80. The third kappa shape index (κ3) is 2.09. The SMILES string of the molecule is Cc1nnc(-c2ccncc2)n1CCCN. The van der Waals surface area contributed by atoms with Crippen molar-refractivity contribution in [3.05, 3.63) is 30.4 Å².